The zero-order valence-electron chi connectivity index (χ0n) is 10.1. The molecule has 94 valence electrons. The summed E-state index contributed by atoms with van der Waals surface area (Å²) in [4.78, 5) is 9.26. The Kier molecular flexibility index (Phi) is 2.92. The number of phenolic OH excluding ortho intramolecular Hbond substituents is 1. The van der Waals surface area contributed by atoms with E-state index in [-0.39, 0.29) is 0 Å². The molecule has 2 aliphatic rings. The van der Waals surface area contributed by atoms with Gasteiger partial charge in [0.2, 0.25) is 0 Å². The van der Waals surface area contributed by atoms with E-state index in [1.807, 2.05) is 6.07 Å². The van der Waals surface area contributed by atoms with Crippen LogP contribution >= 0.6 is 0 Å². The predicted octanol–water partition coefficient (Wildman–Crippen LogP) is 2.29. The number of aromatic hydroxyl groups is 1. The summed E-state index contributed by atoms with van der Waals surface area (Å²) >= 11 is 0. The molecule has 0 bridgehead atoms. The molecule has 1 atom stereocenters. The van der Waals surface area contributed by atoms with Gasteiger partial charge >= 0.3 is 0 Å². The molecule has 0 radical (unpaired) electrons. The molecule has 1 heterocycles. The van der Waals surface area contributed by atoms with Crippen LogP contribution in [0.25, 0.3) is 0 Å². The molecule has 4 heteroatoms. The summed E-state index contributed by atoms with van der Waals surface area (Å²) in [6.07, 6.45) is 7.20. The average Bonchev–Trinajstić information content (AvgIpc) is 2.40. The first-order valence-electron chi connectivity index (χ1n) is 6.25. The van der Waals surface area contributed by atoms with Gasteiger partial charge in [0.15, 0.2) is 0 Å². The first-order chi connectivity index (χ1) is 8.83. The van der Waals surface area contributed by atoms with Crippen LogP contribution in [0.15, 0.2) is 35.2 Å². The van der Waals surface area contributed by atoms with Gasteiger partial charge in [0.25, 0.3) is 0 Å². The summed E-state index contributed by atoms with van der Waals surface area (Å²) in [5.41, 5.74) is 5.94. The summed E-state index contributed by atoms with van der Waals surface area (Å²) in [7, 11) is 0. The minimum Gasteiger partial charge on any atom is -0.508 e. The first-order valence-corrected chi connectivity index (χ1v) is 6.25. The fourth-order valence-electron chi connectivity index (χ4n) is 2.71. The van der Waals surface area contributed by atoms with Crippen molar-refractivity contribution in [2.45, 2.75) is 25.7 Å². The molecule has 1 aromatic rings. The second-order valence-electron chi connectivity index (χ2n) is 4.83. The van der Waals surface area contributed by atoms with Gasteiger partial charge in [0.1, 0.15) is 18.4 Å². The number of allylic oxidation sites excluding steroid dienone is 1. The van der Waals surface area contributed by atoms with Gasteiger partial charge in [-0.25, -0.2) is 10.5 Å². The van der Waals surface area contributed by atoms with Crippen LogP contribution in [0.1, 0.15) is 24.0 Å². The molecular weight excluding hydrogens is 228 g/mol. The first kappa shape index (κ1) is 11.1. The molecule has 0 spiro atoms. The fourth-order valence-corrected chi connectivity index (χ4v) is 2.71. The van der Waals surface area contributed by atoms with Crippen molar-refractivity contribution in [3.63, 3.8) is 0 Å². The van der Waals surface area contributed by atoms with E-state index >= 15 is 0 Å². The van der Waals surface area contributed by atoms with E-state index in [0.29, 0.717) is 11.7 Å². The topological polar surface area (TPSA) is 53.9 Å². The molecule has 1 aliphatic carbocycles. The van der Waals surface area contributed by atoms with Gasteiger partial charge in [-0.15, -0.1) is 0 Å². The van der Waals surface area contributed by atoms with Gasteiger partial charge in [0.05, 0.1) is 5.70 Å². The summed E-state index contributed by atoms with van der Waals surface area (Å²) in [5.74, 6) is 1.01. The Morgan fingerprint density at radius 2 is 2.39 bits per heavy atom. The minimum absolute atomic E-state index is 0.438. The lowest BCUT2D eigenvalue weighted by Crippen LogP contribution is -2.17. The number of rotatable bonds is 2. The second-order valence-corrected chi connectivity index (χ2v) is 4.83. The highest BCUT2D eigenvalue weighted by Crippen LogP contribution is 2.34. The number of benzene rings is 1. The third-order valence-corrected chi connectivity index (χ3v) is 3.60. The molecule has 1 unspecified atom stereocenters. The van der Waals surface area contributed by atoms with Gasteiger partial charge in [-0.05, 0) is 48.8 Å². The number of hydrogen-bond donors (Lipinski definition) is 2. The van der Waals surface area contributed by atoms with Crippen molar-refractivity contribution in [1.82, 2.24) is 5.48 Å². The third kappa shape index (κ3) is 2.18. The zero-order valence-corrected chi connectivity index (χ0v) is 10.1. The Labute approximate surface area is 106 Å². The zero-order chi connectivity index (χ0) is 12.4. The maximum Gasteiger partial charge on any atom is 0.140 e. The van der Waals surface area contributed by atoms with Crippen molar-refractivity contribution in [1.29, 1.82) is 0 Å². The van der Waals surface area contributed by atoms with Crippen LogP contribution in [0.5, 0.6) is 5.75 Å². The summed E-state index contributed by atoms with van der Waals surface area (Å²) in [5, 5.41) is 9.80. The van der Waals surface area contributed by atoms with Crippen LogP contribution in [-0.4, -0.2) is 11.4 Å². The molecule has 1 aliphatic heterocycles. The van der Waals surface area contributed by atoms with Gasteiger partial charge in [0, 0.05) is 0 Å². The van der Waals surface area contributed by atoms with Crippen molar-refractivity contribution < 1.29 is 9.94 Å². The van der Waals surface area contributed by atoms with E-state index in [1.165, 1.54) is 5.56 Å². The van der Waals surface area contributed by atoms with Crippen molar-refractivity contribution >= 4 is 6.34 Å². The Morgan fingerprint density at radius 1 is 1.44 bits per heavy atom. The predicted molar refractivity (Wildman–Crippen MR) is 69.0 cm³/mol. The van der Waals surface area contributed by atoms with Gasteiger partial charge in [-0.3, -0.25) is 0 Å². The molecule has 4 nitrogen and oxygen atoms in total. The van der Waals surface area contributed by atoms with E-state index in [1.54, 1.807) is 18.7 Å². The summed E-state index contributed by atoms with van der Waals surface area (Å²) in [6, 6.07) is 5.80. The highest BCUT2D eigenvalue weighted by atomic mass is 16.6. The van der Waals surface area contributed by atoms with Crippen LogP contribution in [0, 0.1) is 5.92 Å². The standard InChI is InChI=1S/C14H16N2O2/c17-14-3-1-2-11-6-10(4-5-13(11)14)7-12-8-18-16-9-15-12/h1-3,8-10,17H,4-7H2,(H,15,16). The molecule has 3 rings (SSSR count). The van der Waals surface area contributed by atoms with Crippen LogP contribution in [0.4, 0.5) is 0 Å². The number of nitrogens with zero attached hydrogens (tertiary/aromatic N) is 1. The van der Waals surface area contributed by atoms with Crippen LogP contribution in [-0.2, 0) is 17.7 Å². The highest BCUT2D eigenvalue weighted by molar-refractivity contribution is 5.55. The number of phenols is 1. The van der Waals surface area contributed by atoms with Gasteiger partial charge in [-0.2, -0.15) is 0 Å². The molecule has 0 aromatic heterocycles. The largest absolute Gasteiger partial charge is 0.508 e. The molecule has 0 saturated carbocycles. The highest BCUT2D eigenvalue weighted by Gasteiger charge is 2.21. The number of aliphatic imine (C=N–C) groups is 1. The van der Waals surface area contributed by atoms with Crippen LogP contribution < -0.4 is 5.48 Å². The molecule has 1 aromatic carbocycles. The number of hydroxylamine groups is 1. The number of hydrogen-bond acceptors (Lipinski definition) is 4. The smallest absolute Gasteiger partial charge is 0.140 e. The SMILES string of the molecule is Oc1cccc2c1CCC(CC1=CONC=N1)C2. The van der Waals surface area contributed by atoms with E-state index in [2.05, 4.69) is 16.5 Å². The quantitative estimate of drug-likeness (QED) is 0.839. The lowest BCUT2D eigenvalue weighted by Gasteiger charge is -2.25. The fraction of sp³-hybridized carbons (Fsp3) is 0.357. The van der Waals surface area contributed by atoms with Crippen LogP contribution in [0.3, 0.4) is 0 Å². The lowest BCUT2D eigenvalue weighted by molar-refractivity contribution is 0.188. The summed E-state index contributed by atoms with van der Waals surface area (Å²) in [6.45, 7) is 0. The maximum absolute atomic E-state index is 9.80. The van der Waals surface area contributed by atoms with E-state index in [4.69, 9.17) is 4.84 Å². The lowest BCUT2D eigenvalue weighted by atomic mass is 9.81. The van der Waals surface area contributed by atoms with Gasteiger partial charge < -0.3 is 9.94 Å². The van der Waals surface area contributed by atoms with Crippen molar-refractivity contribution in [2.24, 2.45) is 10.9 Å². The minimum atomic E-state index is 0.438. The Morgan fingerprint density at radius 3 is 3.22 bits per heavy atom. The Hall–Kier alpha value is -1.97. The Bertz CT molecular complexity index is 509. The third-order valence-electron chi connectivity index (χ3n) is 3.60. The summed E-state index contributed by atoms with van der Waals surface area (Å²) < 4.78 is 0. The average molecular weight is 244 g/mol. The van der Waals surface area contributed by atoms with Gasteiger partial charge in [-0.1, -0.05) is 12.1 Å². The van der Waals surface area contributed by atoms with Crippen molar-refractivity contribution in [2.75, 3.05) is 0 Å². The van der Waals surface area contributed by atoms with Crippen molar-refractivity contribution in [3.8, 4) is 5.75 Å². The van der Waals surface area contributed by atoms with E-state index in [9.17, 15) is 5.11 Å². The molecule has 0 amide bonds. The van der Waals surface area contributed by atoms with Crippen molar-refractivity contribution in [3.05, 3.63) is 41.3 Å². The number of fused-ring (bicyclic) bond motifs is 1. The molecule has 18 heavy (non-hydrogen) atoms. The normalized spacial score (nSPS) is 21.6. The molecule has 2 N–H and O–H groups in total. The Balaban J connectivity index is 1.71. The molecular formula is C14H16N2O2. The second kappa shape index (κ2) is 4.72. The molecule has 0 saturated heterocycles. The van der Waals surface area contributed by atoms with E-state index < -0.39 is 0 Å². The monoisotopic (exact) mass is 244 g/mol. The maximum atomic E-state index is 9.80. The molecule has 0 fully saturated rings. The number of nitrogens with one attached hydrogen (secondary N) is 1. The van der Waals surface area contributed by atoms with E-state index in [0.717, 1.165) is 36.9 Å². The van der Waals surface area contributed by atoms with Crippen LogP contribution in [0.2, 0.25) is 0 Å².